The second-order valence-corrected chi connectivity index (χ2v) is 8.25. The van der Waals surface area contributed by atoms with Gasteiger partial charge in [0.15, 0.2) is 5.75 Å². The van der Waals surface area contributed by atoms with Gasteiger partial charge in [0, 0.05) is 32.2 Å². The quantitative estimate of drug-likeness (QED) is 0.437. The number of nitrogens with zero attached hydrogens (tertiary/aromatic N) is 2. The Morgan fingerprint density at radius 1 is 1.06 bits per heavy atom. The summed E-state index contributed by atoms with van der Waals surface area (Å²) in [6, 6.07) is 9.20. The summed E-state index contributed by atoms with van der Waals surface area (Å²) >= 11 is 0. The number of amides is 1. The molecule has 0 spiro atoms. The number of carbonyl (C=O) groups excluding carboxylic acids is 1. The first kappa shape index (κ1) is 25.3. The number of ether oxygens (including phenoxy) is 4. The summed E-state index contributed by atoms with van der Waals surface area (Å²) in [6.45, 7) is 6.95. The van der Waals surface area contributed by atoms with Gasteiger partial charge in [-0.15, -0.1) is 0 Å². The minimum absolute atomic E-state index is 0.0490. The molecule has 1 fully saturated rings. The summed E-state index contributed by atoms with van der Waals surface area (Å²) in [5.41, 5.74) is 1.38. The van der Waals surface area contributed by atoms with Crippen LogP contribution < -0.4 is 19.5 Å². The Hall–Kier alpha value is -3.37. The van der Waals surface area contributed by atoms with Crippen molar-refractivity contribution in [3.8, 4) is 17.2 Å². The fraction of sp³-hybridized carbons (Fsp3) is 0.458. The van der Waals surface area contributed by atoms with Crippen LogP contribution in [0.3, 0.4) is 0 Å². The lowest BCUT2D eigenvalue weighted by Gasteiger charge is -2.35. The maximum absolute atomic E-state index is 12.9. The molecule has 0 aromatic heterocycles. The van der Waals surface area contributed by atoms with Gasteiger partial charge in [0.05, 0.1) is 38.5 Å². The summed E-state index contributed by atoms with van der Waals surface area (Å²) < 4.78 is 21.4. The zero-order chi connectivity index (χ0) is 24.8. The second kappa shape index (κ2) is 11.2. The van der Waals surface area contributed by atoms with Crippen LogP contribution in [0.15, 0.2) is 30.3 Å². The third-order valence-corrected chi connectivity index (χ3v) is 5.61. The van der Waals surface area contributed by atoms with Crippen LogP contribution >= 0.6 is 0 Å². The largest absolute Gasteiger partial charge is 0.493 e. The van der Waals surface area contributed by atoms with E-state index in [4.69, 9.17) is 18.9 Å². The molecule has 0 saturated carbocycles. The van der Waals surface area contributed by atoms with Crippen LogP contribution in [0.5, 0.6) is 17.2 Å². The molecule has 3 rings (SSSR count). The minimum atomic E-state index is -0.669. The molecular weight excluding hydrogens is 442 g/mol. The van der Waals surface area contributed by atoms with Crippen LogP contribution in [0.2, 0.25) is 0 Å². The van der Waals surface area contributed by atoms with Crippen molar-refractivity contribution in [1.29, 1.82) is 0 Å². The number of hydrogen-bond donors (Lipinski definition) is 1. The van der Waals surface area contributed by atoms with Crippen molar-refractivity contribution >= 4 is 11.6 Å². The molecule has 34 heavy (non-hydrogen) atoms. The molecule has 2 aromatic rings. The van der Waals surface area contributed by atoms with Crippen LogP contribution in [0, 0.1) is 10.1 Å². The van der Waals surface area contributed by atoms with Crippen LogP contribution in [0.25, 0.3) is 0 Å². The fourth-order valence-corrected chi connectivity index (χ4v) is 4.21. The molecule has 1 aliphatic heterocycles. The molecule has 1 heterocycles. The van der Waals surface area contributed by atoms with Crippen LogP contribution in [0.1, 0.15) is 35.3 Å². The molecule has 2 unspecified atom stereocenters. The van der Waals surface area contributed by atoms with Crippen LogP contribution in [-0.4, -0.2) is 62.4 Å². The van der Waals surface area contributed by atoms with Crippen molar-refractivity contribution < 1.29 is 28.7 Å². The molecular formula is C24H31N3O7. The Labute approximate surface area is 198 Å². The molecule has 2 aromatic carbocycles. The van der Waals surface area contributed by atoms with Gasteiger partial charge in [0.1, 0.15) is 5.56 Å². The highest BCUT2D eigenvalue weighted by Gasteiger charge is 2.32. The molecule has 184 valence electrons. The molecule has 1 saturated heterocycles. The highest BCUT2D eigenvalue weighted by molar-refractivity contribution is 6.00. The number of benzene rings is 2. The van der Waals surface area contributed by atoms with Gasteiger partial charge in [-0.05, 0) is 25.0 Å². The number of hydrogen-bond acceptors (Lipinski definition) is 8. The first-order chi connectivity index (χ1) is 16.3. The Balaban J connectivity index is 1.71. The van der Waals surface area contributed by atoms with Gasteiger partial charge in [0.2, 0.25) is 11.5 Å². The summed E-state index contributed by atoms with van der Waals surface area (Å²) in [6.07, 6.45) is 0.412. The van der Waals surface area contributed by atoms with E-state index in [1.54, 1.807) is 0 Å². The monoisotopic (exact) mass is 473 g/mol. The van der Waals surface area contributed by atoms with Crippen molar-refractivity contribution in [2.24, 2.45) is 0 Å². The second-order valence-electron chi connectivity index (χ2n) is 8.25. The molecule has 10 nitrogen and oxygen atoms in total. The first-order valence-corrected chi connectivity index (χ1v) is 11.0. The van der Waals surface area contributed by atoms with Crippen molar-refractivity contribution in [2.45, 2.75) is 39.1 Å². The number of nitrogens with one attached hydrogen (secondary N) is 1. The lowest BCUT2D eigenvalue weighted by atomic mass is 10.1. The average Bonchev–Trinajstić information content (AvgIpc) is 2.81. The number of morpholine rings is 1. The van der Waals surface area contributed by atoms with E-state index in [2.05, 4.69) is 24.1 Å². The van der Waals surface area contributed by atoms with Crippen molar-refractivity contribution in [1.82, 2.24) is 10.2 Å². The molecule has 1 N–H and O–H groups in total. The SMILES string of the molecule is COc1cc(C(=O)NCc2ccc(CN3CC(C)OC(C)C3)cc2)c([N+](=O)[O-])c(OC)c1OC. The summed E-state index contributed by atoms with van der Waals surface area (Å²) in [7, 11) is 3.99. The predicted octanol–water partition coefficient (Wildman–Crippen LogP) is 3.16. The number of nitro benzene ring substituents is 1. The van der Waals surface area contributed by atoms with E-state index in [-0.39, 0.29) is 41.6 Å². The van der Waals surface area contributed by atoms with E-state index in [0.29, 0.717) is 0 Å². The zero-order valence-corrected chi connectivity index (χ0v) is 20.1. The third-order valence-electron chi connectivity index (χ3n) is 5.61. The molecule has 1 aliphatic rings. The maximum Gasteiger partial charge on any atom is 0.327 e. The zero-order valence-electron chi connectivity index (χ0n) is 20.1. The minimum Gasteiger partial charge on any atom is -0.493 e. The predicted molar refractivity (Wildman–Crippen MR) is 126 cm³/mol. The van der Waals surface area contributed by atoms with Gasteiger partial charge < -0.3 is 24.3 Å². The average molecular weight is 474 g/mol. The van der Waals surface area contributed by atoms with E-state index < -0.39 is 16.5 Å². The highest BCUT2D eigenvalue weighted by atomic mass is 16.6. The molecule has 2 atom stereocenters. The maximum atomic E-state index is 12.9. The number of carbonyl (C=O) groups is 1. The number of methoxy groups -OCH3 is 3. The molecule has 0 radical (unpaired) electrons. The lowest BCUT2D eigenvalue weighted by molar-refractivity contribution is -0.386. The van der Waals surface area contributed by atoms with E-state index in [9.17, 15) is 14.9 Å². The fourth-order valence-electron chi connectivity index (χ4n) is 4.21. The first-order valence-electron chi connectivity index (χ1n) is 11.0. The molecule has 0 aliphatic carbocycles. The summed E-state index contributed by atoms with van der Waals surface area (Å²) in [4.78, 5) is 26.3. The Morgan fingerprint density at radius 2 is 1.65 bits per heavy atom. The van der Waals surface area contributed by atoms with E-state index >= 15 is 0 Å². The van der Waals surface area contributed by atoms with Gasteiger partial charge in [-0.2, -0.15) is 0 Å². The van der Waals surface area contributed by atoms with E-state index in [1.807, 2.05) is 24.3 Å². The molecule has 10 heteroatoms. The number of nitro groups is 1. The number of rotatable bonds is 9. The van der Waals surface area contributed by atoms with Gasteiger partial charge in [-0.25, -0.2) is 0 Å². The Bertz CT molecular complexity index is 1020. The van der Waals surface area contributed by atoms with Crippen molar-refractivity contribution in [3.63, 3.8) is 0 Å². The van der Waals surface area contributed by atoms with E-state index in [1.165, 1.54) is 27.4 Å². The Kier molecular flexibility index (Phi) is 8.30. The summed E-state index contributed by atoms with van der Waals surface area (Å²) in [5.74, 6) is -0.585. The van der Waals surface area contributed by atoms with Gasteiger partial charge in [0.25, 0.3) is 5.91 Å². The normalized spacial score (nSPS) is 18.3. The lowest BCUT2D eigenvalue weighted by Crippen LogP contribution is -2.44. The molecule has 1 amide bonds. The summed E-state index contributed by atoms with van der Waals surface area (Å²) in [5, 5.41) is 14.5. The van der Waals surface area contributed by atoms with Crippen molar-refractivity contribution in [2.75, 3.05) is 34.4 Å². The molecule has 0 bridgehead atoms. The highest BCUT2D eigenvalue weighted by Crippen LogP contribution is 2.46. The van der Waals surface area contributed by atoms with Gasteiger partial charge in [-0.1, -0.05) is 24.3 Å². The van der Waals surface area contributed by atoms with Crippen molar-refractivity contribution in [3.05, 3.63) is 57.1 Å². The van der Waals surface area contributed by atoms with Crippen LogP contribution in [0.4, 0.5) is 5.69 Å². The van der Waals surface area contributed by atoms with Gasteiger partial charge >= 0.3 is 5.69 Å². The Morgan fingerprint density at radius 3 is 2.18 bits per heavy atom. The topological polar surface area (TPSA) is 112 Å². The third kappa shape index (κ3) is 5.75. The van der Waals surface area contributed by atoms with Crippen LogP contribution in [-0.2, 0) is 17.8 Å². The smallest absolute Gasteiger partial charge is 0.327 e. The van der Waals surface area contributed by atoms with Gasteiger partial charge in [-0.3, -0.25) is 19.8 Å². The standard InChI is InChI=1S/C24H31N3O7/c1-15-12-26(13-16(2)34-15)14-18-8-6-17(7-9-18)11-25-24(28)19-10-20(31-3)22(32-4)23(33-5)21(19)27(29)30/h6-10,15-16H,11-14H2,1-5H3,(H,25,28). The van der Waals surface area contributed by atoms with E-state index in [0.717, 1.165) is 30.8 Å².